The molecule has 0 aromatic heterocycles. The summed E-state index contributed by atoms with van der Waals surface area (Å²) in [6.07, 6.45) is 32.1. The molecule has 0 aromatic rings. The summed E-state index contributed by atoms with van der Waals surface area (Å²) < 4.78 is 0. The van der Waals surface area contributed by atoms with E-state index >= 15 is 0 Å². The Bertz CT molecular complexity index is 480. The summed E-state index contributed by atoms with van der Waals surface area (Å²) in [5.74, 6) is 0.227. The molecule has 0 heterocycles. The van der Waals surface area contributed by atoms with Crippen LogP contribution < -0.4 is 5.32 Å². The molecule has 0 atom stereocenters. The van der Waals surface area contributed by atoms with Gasteiger partial charge in [0.2, 0.25) is 5.91 Å². The van der Waals surface area contributed by atoms with Gasteiger partial charge in [0.05, 0.1) is 6.54 Å². The third kappa shape index (κ3) is 28.9. The van der Waals surface area contributed by atoms with Crippen molar-refractivity contribution in [3.8, 4) is 0 Å². The normalized spacial score (nSPS) is 11.7. The minimum absolute atomic E-state index is 0.227. The molecule has 0 bridgehead atoms. The highest BCUT2D eigenvalue weighted by molar-refractivity contribution is 5.77. The fraction of sp³-hybridized carbons (Fsp3) is 0.972. The topological polar surface area (TPSA) is 35.6 Å². The van der Waals surface area contributed by atoms with Gasteiger partial charge in [-0.1, -0.05) is 156 Å². The van der Waals surface area contributed by atoms with Crippen molar-refractivity contribution in [1.29, 1.82) is 0 Å². The lowest BCUT2D eigenvalue weighted by atomic mass is 10.1. The summed E-state index contributed by atoms with van der Waals surface area (Å²) in [6, 6.07) is 0. The van der Waals surface area contributed by atoms with Gasteiger partial charge in [-0.2, -0.15) is 0 Å². The third-order valence-corrected chi connectivity index (χ3v) is 8.44. The van der Waals surface area contributed by atoms with Gasteiger partial charge in [0.15, 0.2) is 0 Å². The third-order valence-electron chi connectivity index (χ3n) is 8.44. The molecule has 4 nitrogen and oxygen atoms in total. The van der Waals surface area contributed by atoms with Crippen LogP contribution in [-0.4, -0.2) is 61.5 Å². The van der Waals surface area contributed by atoms with E-state index in [-0.39, 0.29) is 5.91 Å². The fourth-order valence-corrected chi connectivity index (χ4v) is 5.63. The van der Waals surface area contributed by atoms with Gasteiger partial charge < -0.3 is 10.2 Å². The molecule has 0 radical (unpaired) electrons. The summed E-state index contributed by atoms with van der Waals surface area (Å²) in [4.78, 5) is 17.9. The van der Waals surface area contributed by atoms with E-state index in [1.165, 1.54) is 161 Å². The second-order valence-electron chi connectivity index (χ2n) is 12.5. The molecular weight excluding hydrogens is 490 g/mol. The highest BCUT2D eigenvalue weighted by atomic mass is 16.2. The zero-order chi connectivity index (χ0) is 29.4. The average Bonchev–Trinajstić information content (AvgIpc) is 2.95. The first-order chi connectivity index (χ1) is 19.7. The lowest BCUT2D eigenvalue weighted by molar-refractivity contribution is -0.122. The van der Waals surface area contributed by atoms with E-state index in [2.05, 4.69) is 42.8 Å². The predicted molar refractivity (Wildman–Crippen MR) is 179 cm³/mol. The molecule has 4 heteroatoms. The van der Waals surface area contributed by atoms with Gasteiger partial charge in [-0.15, -0.1) is 0 Å². The van der Waals surface area contributed by atoms with E-state index in [1.807, 2.05) is 0 Å². The molecule has 240 valence electrons. The molecule has 1 N–H and O–H groups in total. The van der Waals surface area contributed by atoms with E-state index in [4.69, 9.17) is 0 Å². The van der Waals surface area contributed by atoms with Crippen molar-refractivity contribution >= 4 is 5.91 Å². The van der Waals surface area contributed by atoms with Gasteiger partial charge in [0.1, 0.15) is 0 Å². The van der Waals surface area contributed by atoms with Crippen molar-refractivity contribution in [3.05, 3.63) is 0 Å². The molecule has 0 rings (SSSR count). The Labute approximate surface area is 253 Å². The Balaban J connectivity index is 4.70. The zero-order valence-electron chi connectivity index (χ0n) is 28.2. The maximum Gasteiger partial charge on any atom is 0.234 e. The number of hydrogen-bond acceptors (Lipinski definition) is 3. The maximum atomic E-state index is 12.7. The summed E-state index contributed by atoms with van der Waals surface area (Å²) in [5, 5.41) is 3.19. The van der Waals surface area contributed by atoms with Gasteiger partial charge >= 0.3 is 0 Å². The van der Waals surface area contributed by atoms with E-state index < -0.39 is 0 Å². The molecule has 0 unspecified atom stereocenters. The Morgan fingerprint density at radius 1 is 0.400 bits per heavy atom. The highest BCUT2D eigenvalue weighted by Gasteiger charge is 2.13. The van der Waals surface area contributed by atoms with Crippen LogP contribution in [0.15, 0.2) is 0 Å². The second-order valence-corrected chi connectivity index (χ2v) is 12.5. The van der Waals surface area contributed by atoms with Crippen molar-refractivity contribution in [2.24, 2.45) is 0 Å². The lowest BCUT2D eigenvalue weighted by Gasteiger charge is -2.28. The molecule has 1 amide bonds. The lowest BCUT2D eigenvalue weighted by Crippen LogP contribution is -2.42. The number of carbonyl (C=O) groups is 1. The summed E-state index contributed by atoms with van der Waals surface area (Å²) in [5.41, 5.74) is 0. The van der Waals surface area contributed by atoms with Crippen LogP contribution in [0.3, 0.4) is 0 Å². The zero-order valence-corrected chi connectivity index (χ0v) is 28.2. The van der Waals surface area contributed by atoms with Crippen LogP contribution in [0.5, 0.6) is 0 Å². The van der Waals surface area contributed by atoms with Crippen LogP contribution in [0, 0.1) is 0 Å². The monoisotopic (exact) mass is 566 g/mol. The van der Waals surface area contributed by atoms with Crippen LogP contribution in [-0.2, 0) is 4.79 Å². The van der Waals surface area contributed by atoms with Crippen LogP contribution in [0.25, 0.3) is 0 Å². The summed E-state index contributed by atoms with van der Waals surface area (Å²) in [7, 11) is 0. The largest absolute Gasteiger partial charge is 0.355 e. The number of hydrogen-bond donors (Lipinski definition) is 1. The van der Waals surface area contributed by atoms with Gasteiger partial charge in [-0.05, 0) is 45.3 Å². The smallest absolute Gasteiger partial charge is 0.234 e. The van der Waals surface area contributed by atoms with E-state index in [0.717, 1.165) is 32.6 Å². The number of amides is 1. The Kier molecular flexibility index (Phi) is 32.4. The standard InChI is InChI=1S/C36H75N3O/c1-5-9-13-16-19-22-26-30-38(31-27-23-20-17-14-10-6-2)33-34-39(32-28-24-21-18-15-11-7-3)35-36(40)37-29-25-12-8-4/h5-35H2,1-4H3,(H,37,40). The van der Waals surface area contributed by atoms with Crippen LogP contribution >= 0.6 is 0 Å². The first-order valence-corrected chi connectivity index (χ1v) is 18.4. The summed E-state index contributed by atoms with van der Waals surface area (Å²) >= 11 is 0. The molecule has 0 aliphatic heterocycles. The molecule has 0 saturated carbocycles. The maximum absolute atomic E-state index is 12.7. The van der Waals surface area contributed by atoms with Gasteiger partial charge in [0, 0.05) is 19.6 Å². The molecule has 0 aromatic carbocycles. The number of nitrogens with one attached hydrogen (secondary N) is 1. The minimum atomic E-state index is 0.227. The van der Waals surface area contributed by atoms with Gasteiger partial charge in [-0.25, -0.2) is 0 Å². The molecule has 40 heavy (non-hydrogen) atoms. The second kappa shape index (κ2) is 32.9. The van der Waals surface area contributed by atoms with E-state index in [9.17, 15) is 4.79 Å². The van der Waals surface area contributed by atoms with Crippen molar-refractivity contribution in [3.63, 3.8) is 0 Å². The van der Waals surface area contributed by atoms with Crippen molar-refractivity contribution < 1.29 is 4.79 Å². The van der Waals surface area contributed by atoms with Crippen molar-refractivity contribution in [2.45, 2.75) is 182 Å². The first-order valence-electron chi connectivity index (χ1n) is 18.4. The number of carbonyl (C=O) groups excluding carboxylic acids is 1. The average molecular weight is 566 g/mol. The SMILES string of the molecule is CCCCCCCCCN(CCCCCCCCC)CCN(CCCCCCCCC)CC(=O)NCCCCC. The van der Waals surface area contributed by atoms with Crippen molar-refractivity contribution in [1.82, 2.24) is 15.1 Å². The van der Waals surface area contributed by atoms with Crippen LogP contribution in [0.1, 0.15) is 182 Å². The Morgan fingerprint density at radius 3 is 1.15 bits per heavy atom. The van der Waals surface area contributed by atoms with Gasteiger partial charge in [-0.3, -0.25) is 9.69 Å². The highest BCUT2D eigenvalue weighted by Crippen LogP contribution is 2.11. The molecular formula is C36H75N3O. The number of nitrogens with zero attached hydrogens (tertiary/aromatic N) is 2. The molecule has 0 fully saturated rings. The minimum Gasteiger partial charge on any atom is -0.355 e. The number of unbranched alkanes of at least 4 members (excludes halogenated alkanes) is 20. The van der Waals surface area contributed by atoms with Crippen LogP contribution in [0.4, 0.5) is 0 Å². The Hall–Kier alpha value is -0.610. The van der Waals surface area contributed by atoms with E-state index in [0.29, 0.717) is 6.54 Å². The molecule has 0 spiro atoms. The van der Waals surface area contributed by atoms with Gasteiger partial charge in [0.25, 0.3) is 0 Å². The predicted octanol–water partition coefficient (Wildman–Crippen LogP) is 10.1. The molecule has 0 saturated heterocycles. The Morgan fingerprint density at radius 2 is 0.725 bits per heavy atom. The summed E-state index contributed by atoms with van der Waals surface area (Å²) in [6.45, 7) is 16.2. The quantitative estimate of drug-likeness (QED) is 0.0804. The van der Waals surface area contributed by atoms with Crippen LogP contribution in [0.2, 0.25) is 0 Å². The molecule has 0 aliphatic rings. The first kappa shape index (κ1) is 39.4. The van der Waals surface area contributed by atoms with Crippen molar-refractivity contribution in [2.75, 3.05) is 45.8 Å². The number of rotatable bonds is 33. The fourth-order valence-electron chi connectivity index (χ4n) is 5.63. The van der Waals surface area contributed by atoms with E-state index in [1.54, 1.807) is 0 Å². The molecule has 0 aliphatic carbocycles.